The van der Waals surface area contributed by atoms with Crippen molar-refractivity contribution in [2.24, 2.45) is 0 Å². The molecule has 14 heavy (non-hydrogen) atoms. The minimum atomic E-state index is -4.78. The van der Waals surface area contributed by atoms with Crippen molar-refractivity contribution >= 4 is 5.97 Å². The Morgan fingerprint density at radius 1 is 1.36 bits per heavy atom. The van der Waals surface area contributed by atoms with Crippen molar-refractivity contribution in [1.82, 2.24) is 4.98 Å². The molecule has 1 N–H and O–H groups in total. The molecule has 0 aromatic carbocycles. The van der Waals surface area contributed by atoms with E-state index in [0.717, 1.165) is 0 Å². The summed E-state index contributed by atoms with van der Waals surface area (Å²) in [4.78, 5) is 12.7. The van der Waals surface area contributed by atoms with Crippen molar-refractivity contribution in [2.75, 3.05) is 0 Å². The molecule has 0 amide bonds. The van der Waals surface area contributed by atoms with E-state index in [1.165, 1.54) is 0 Å². The van der Waals surface area contributed by atoms with Crippen LogP contribution in [-0.2, 0) is 6.18 Å². The molecule has 0 unspecified atom stereocenters. The maximum Gasteiger partial charge on any atom is 0.433 e. The predicted molar refractivity (Wildman–Crippen MR) is 36.2 cm³/mol. The average molecular weight is 209 g/mol. The highest BCUT2D eigenvalue weighted by Gasteiger charge is 2.33. The fourth-order valence-corrected chi connectivity index (χ4v) is 0.752. The van der Waals surface area contributed by atoms with Crippen LogP contribution in [0.2, 0.25) is 0 Å². The standard InChI is InChI=1S/C7H3F4NO2/c8-5-3(6(13)14)1-2-4(12-5)7(9,10)11/h1-2H,(H,13,14). The summed E-state index contributed by atoms with van der Waals surface area (Å²) in [6.07, 6.45) is -4.78. The molecule has 0 radical (unpaired) electrons. The molecular weight excluding hydrogens is 206 g/mol. The highest BCUT2D eigenvalue weighted by molar-refractivity contribution is 5.87. The molecule has 0 aliphatic carbocycles. The fourth-order valence-electron chi connectivity index (χ4n) is 0.752. The van der Waals surface area contributed by atoms with Crippen molar-refractivity contribution in [3.05, 3.63) is 29.3 Å². The number of rotatable bonds is 1. The lowest BCUT2D eigenvalue weighted by atomic mass is 10.2. The zero-order valence-electron chi connectivity index (χ0n) is 6.47. The summed E-state index contributed by atoms with van der Waals surface area (Å²) >= 11 is 0. The topological polar surface area (TPSA) is 50.2 Å². The summed E-state index contributed by atoms with van der Waals surface area (Å²) in [5.41, 5.74) is -2.35. The molecule has 0 aliphatic heterocycles. The number of carboxylic acids is 1. The Morgan fingerprint density at radius 3 is 2.29 bits per heavy atom. The second-order valence-electron chi connectivity index (χ2n) is 2.34. The zero-order valence-corrected chi connectivity index (χ0v) is 6.47. The number of carboxylic acid groups (broad SMARTS) is 1. The van der Waals surface area contributed by atoms with Gasteiger partial charge >= 0.3 is 12.1 Å². The lowest BCUT2D eigenvalue weighted by Crippen LogP contribution is -2.12. The van der Waals surface area contributed by atoms with Crippen LogP contribution in [0, 0.1) is 5.95 Å². The first-order chi connectivity index (χ1) is 6.32. The van der Waals surface area contributed by atoms with Gasteiger partial charge in [-0.25, -0.2) is 9.78 Å². The van der Waals surface area contributed by atoms with E-state index in [9.17, 15) is 22.4 Å². The van der Waals surface area contributed by atoms with Crippen LogP contribution >= 0.6 is 0 Å². The van der Waals surface area contributed by atoms with Crippen LogP contribution in [0.15, 0.2) is 12.1 Å². The minimum Gasteiger partial charge on any atom is -0.478 e. The molecule has 1 heterocycles. The second-order valence-corrected chi connectivity index (χ2v) is 2.34. The number of hydrogen-bond acceptors (Lipinski definition) is 2. The van der Waals surface area contributed by atoms with Crippen LogP contribution in [0.5, 0.6) is 0 Å². The van der Waals surface area contributed by atoms with Gasteiger partial charge in [0.15, 0.2) is 0 Å². The van der Waals surface area contributed by atoms with E-state index in [4.69, 9.17) is 5.11 Å². The molecular formula is C7H3F4NO2. The Hall–Kier alpha value is -1.66. The Bertz CT molecular complexity index is 374. The van der Waals surface area contributed by atoms with Crippen molar-refractivity contribution < 1.29 is 27.5 Å². The number of hydrogen-bond donors (Lipinski definition) is 1. The van der Waals surface area contributed by atoms with Gasteiger partial charge in [0.05, 0.1) is 0 Å². The van der Waals surface area contributed by atoms with Crippen LogP contribution in [0.3, 0.4) is 0 Å². The minimum absolute atomic E-state index is 0.409. The number of alkyl halides is 3. The van der Waals surface area contributed by atoms with Gasteiger partial charge in [0, 0.05) is 0 Å². The molecule has 3 nitrogen and oxygen atoms in total. The summed E-state index contributed by atoms with van der Waals surface area (Å²) < 4.78 is 48.4. The van der Waals surface area contributed by atoms with E-state index in [-0.39, 0.29) is 0 Å². The van der Waals surface area contributed by atoms with Gasteiger partial charge in [-0.3, -0.25) is 0 Å². The molecule has 7 heteroatoms. The molecule has 1 rings (SSSR count). The molecule has 76 valence electrons. The summed E-state index contributed by atoms with van der Waals surface area (Å²) in [7, 11) is 0. The average Bonchev–Trinajstić information content (AvgIpc) is 2.01. The van der Waals surface area contributed by atoms with Gasteiger partial charge in [-0.05, 0) is 12.1 Å². The fraction of sp³-hybridized carbons (Fsp3) is 0.143. The van der Waals surface area contributed by atoms with E-state index in [2.05, 4.69) is 4.98 Å². The Morgan fingerprint density at radius 2 is 1.93 bits per heavy atom. The summed E-state index contributed by atoms with van der Waals surface area (Å²) in [5, 5.41) is 8.30. The van der Waals surface area contributed by atoms with Gasteiger partial charge < -0.3 is 5.11 Å². The van der Waals surface area contributed by atoms with E-state index in [0.29, 0.717) is 12.1 Å². The van der Waals surface area contributed by atoms with Crippen LogP contribution in [-0.4, -0.2) is 16.1 Å². The van der Waals surface area contributed by atoms with Crippen molar-refractivity contribution in [2.45, 2.75) is 6.18 Å². The Labute approximate surface area is 75.0 Å². The van der Waals surface area contributed by atoms with Crippen molar-refractivity contribution in [3.63, 3.8) is 0 Å². The van der Waals surface area contributed by atoms with Crippen molar-refractivity contribution in [1.29, 1.82) is 0 Å². The monoisotopic (exact) mass is 209 g/mol. The Balaban J connectivity index is 3.20. The largest absolute Gasteiger partial charge is 0.478 e. The lowest BCUT2D eigenvalue weighted by molar-refractivity contribution is -0.141. The number of aromatic nitrogens is 1. The molecule has 0 aliphatic rings. The highest BCUT2D eigenvalue weighted by Crippen LogP contribution is 2.27. The number of carbonyl (C=O) groups is 1. The van der Waals surface area contributed by atoms with Gasteiger partial charge in [-0.1, -0.05) is 0 Å². The number of aromatic carboxylic acids is 1. The SMILES string of the molecule is O=C(O)c1ccc(C(F)(F)F)nc1F. The maximum atomic E-state index is 12.6. The summed E-state index contributed by atoms with van der Waals surface area (Å²) in [6.45, 7) is 0. The molecule has 1 aromatic heterocycles. The molecule has 0 atom stereocenters. The lowest BCUT2D eigenvalue weighted by Gasteiger charge is -2.05. The van der Waals surface area contributed by atoms with Gasteiger partial charge in [-0.15, -0.1) is 0 Å². The predicted octanol–water partition coefficient (Wildman–Crippen LogP) is 1.94. The third-order valence-electron chi connectivity index (χ3n) is 1.37. The van der Waals surface area contributed by atoms with Crippen molar-refractivity contribution in [3.8, 4) is 0 Å². The highest BCUT2D eigenvalue weighted by atomic mass is 19.4. The van der Waals surface area contributed by atoms with Crippen LogP contribution in [0.4, 0.5) is 17.6 Å². The smallest absolute Gasteiger partial charge is 0.433 e. The van der Waals surface area contributed by atoms with E-state index < -0.39 is 29.4 Å². The third-order valence-corrected chi connectivity index (χ3v) is 1.37. The van der Waals surface area contributed by atoms with Gasteiger partial charge in [0.25, 0.3) is 0 Å². The molecule has 0 bridgehead atoms. The summed E-state index contributed by atoms with van der Waals surface area (Å²) in [6, 6.07) is 0.931. The summed E-state index contributed by atoms with van der Waals surface area (Å²) in [5.74, 6) is -3.31. The zero-order chi connectivity index (χ0) is 10.9. The first-order valence-electron chi connectivity index (χ1n) is 3.29. The van der Waals surface area contributed by atoms with Crippen LogP contribution in [0.1, 0.15) is 16.1 Å². The third kappa shape index (κ3) is 1.98. The number of halogens is 4. The Kier molecular flexibility index (Phi) is 2.41. The number of pyridine rings is 1. The number of nitrogens with zero attached hydrogens (tertiary/aromatic N) is 1. The normalized spacial score (nSPS) is 11.4. The molecule has 1 aromatic rings. The van der Waals surface area contributed by atoms with E-state index >= 15 is 0 Å². The quantitative estimate of drug-likeness (QED) is 0.567. The van der Waals surface area contributed by atoms with E-state index in [1.54, 1.807) is 0 Å². The van der Waals surface area contributed by atoms with Crippen LogP contribution in [0.25, 0.3) is 0 Å². The van der Waals surface area contributed by atoms with Gasteiger partial charge in [0.1, 0.15) is 11.3 Å². The molecule has 0 fully saturated rings. The molecule has 0 saturated carbocycles. The second kappa shape index (κ2) is 3.24. The van der Waals surface area contributed by atoms with Gasteiger partial charge in [-0.2, -0.15) is 17.6 Å². The van der Waals surface area contributed by atoms with Gasteiger partial charge in [0.2, 0.25) is 5.95 Å². The first-order valence-corrected chi connectivity index (χ1v) is 3.29. The maximum absolute atomic E-state index is 12.6. The first kappa shape index (κ1) is 10.4. The van der Waals surface area contributed by atoms with Crippen LogP contribution < -0.4 is 0 Å². The molecule has 0 saturated heterocycles. The molecule has 0 spiro atoms. The van der Waals surface area contributed by atoms with E-state index in [1.807, 2.05) is 0 Å².